The van der Waals surface area contributed by atoms with Gasteiger partial charge in [0, 0.05) is 25.3 Å². The zero-order chi connectivity index (χ0) is 19.5. The molecule has 0 unspecified atom stereocenters. The lowest BCUT2D eigenvalue weighted by Gasteiger charge is -2.38. The first-order chi connectivity index (χ1) is 13.7. The molecule has 4 rings (SSSR count). The van der Waals surface area contributed by atoms with E-state index in [0.717, 1.165) is 23.6 Å². The Morgan fingerprint density at radius 3 is 2.68 bits per heavy atom. The van der Waals surface area contributed by atoms with Gasteiger partial charge in [-0.3, -0.25) is 4.79 Å². The molecule has 0 spiro atoms. The number of nitrogens with one attached hydrogen (secondary N) is 1. The number of benzene rings is 1. The number of aryl methyl sites for hydroxylation is 2. The number of amides is 1. The predicted octanol–water partition coefficient (Wildman–Crippen LogP) is 2.66. The summed E-state index contributed by atoms with van der Waals surface area (Å²) in [4.78, 5) is 23.2. The van der Waals surface area contributed by atoms with Crippen LogP contribution in [0.25, 0.3) is 11.2 Å². The fraction of sp³-hybridized carbons (Fsp3) is 0.450. The summed E-state index contributed by atoms with van der Waals surface area (Å²) in [5.41, 5.74) is 3.57. The van der Waals surface area contributed by atoms with Crippen LogP contribution in [0.1, 0.15) is 32.3 Å². The molecule has 1 aliphatic heterocycles. The van der Waals surface area contributed by atoms with E-state index in [1.54, 1.807) is 4.68 Å². The van der Waals surface area contributed by atoms with E-state index >= 15 is 0 Å². The standard InChI is InChI=1S/C20H25N7O/c1-3-5-6-14-7-9-16(10-8-14)23-20(28)15-11-26(12-15)18-17-19(22-13-21-18)27(4-2)25-24-17/h7-10,13,15H,3-6,11-12H2,1-2H3,(H,23,28). The molecular formula is C20H25N7O. The van der Waals surface area contributed by atoms with Crippen LogP contribution >= 0.6 is 0 Å². The Kier molecular flexibility index (Phi) is 5.18. The number of rotatable bonds is 7. The van der Waals surface area contributed by atoms with Crippen molar-refractivity contribution in [1.29, 1.82) is 0 Å². The number of hydrogen-bond acceptors (Lipinski definition) is 6. The zero-order valence-electron chi connectivity index (χ0n) is 16.3. The fourth-order valence-electron chi connectivity index (χ4n) is 3.42. The Labute approximate surface area is 164 Å². The van der Waals surface area contributed by atoms with Gasteiger partial charge in [-0.2, -0.15) is 0 Å². The van der Waals surface area contributed by atoms with E-state index in [4.69, 9.17) is 0 Å². The van der Waals surface area contributed by atoms with Crippen molar-refractivity contribution >= 4 is 28.6 Å². The van der Waals surface area contributed by atoms with Gasteiger partial charge in [-0.15, -0.1) is 5.10 Å². The van der Waals surface area contributed by atoms with Crippen LogP contribution in [0, 0.1) is 5.92 Å². The summed E-state index contributed by atoms with van der Waals surface area (Å²) >= 11 is 0. The van der Waals surface area contributed by atoms with Gasteiger partial charge in [0.15, 0.2) is 17.0 Å². The SMILES string of the molecule is CCCCc1ccc(NC(=O)C2CN(c3ncnc4c3nnn4CC)C2)cc1. The first-order valence-corrected chi connectivity index (χ1v) is 9.88. The lowest BCUT2D eigenvalue weighted by molar-refractivity contribution is -0.120. The lowest BCUT2D eigenvalue weighted by Crippen LogP contribution is -2.52. The van der Waals surface area contributed by atoms with Crippen molar-refractivity contribution in [3.05, 3.63) is 36.2 Å². The van der Waals surface area contributed by atoms with Crippen molar-refractivity contribution in [1.82, 2.24) is 25.0 Å². The number of fused-ring (bicyclic) bond motifs is 1. The van der Waals surface area contributed by atoms with Gasteiger partial charge >= 0.3 is 0 Å². The van der Waals surface area contributed by atoms with Crippen molar-refractivity contribution in [2.24, 2.45) is 5.92 Å². The van der Waals surface area contributed by atoms with Gasteiger partial charge in [0.25, 0.3) is 0 Å². The van der Waals surface area contributed by atoms with E-state index in [2.05, 4.69) is 49.6 Å². The Morgan fingerprint density at radius 1 is 1.18 bits per heavy atom. The normalized spacial score (nSPS) is 14.3. The molecule has 28 heavy (non-hydrogen) atoms. The molecule has 8 nitrogen and oxygen atoms in total. The van der Waals surface area contributed by atoms with Gasteiger partial charge in [-0.25, -0.2) is 14.6 Å². The van der Waals surface area contributed by atoms with Crippen molar-refractivity contribution in [2.75, 3.05) is 23.3 Å². The van der Waals surface area contributed by atoms with Crippen LogP contribution in [0.5, 0.6) is 0 Å². The second-order valence-corrected chi connectivity index (χ2v) is 7.17. The highest BCUT2D eigenvalue weighted by molar-refractivity contribution is 5.95. The van der Waals surface area contributed by atoms with Gasteiger partial charge in [0.2, 0.25) is 5.91 Å². The number of unbranched alkanes of at least 4 members (excludes halogenated alkanes) is 1. The third kappa shape index (κ3) is 3.54. The Morgan fingerprint density at radius 2 is 1.96 bits per heavy atom. The minimum Gasteiger partial charge on any atom is -0.353 e. The van der Waals surface area contributed by atoms with Crippen LogP contribution in [-0.2, 0) is 17.8 Å². The fourth-order valence-corrected chi connectivity index (χ4v) is 3.42. The molecule has 1 aliphatic rings. The minimum absolute atomic E-state index is 0.0417. The van der Waals surface area contributed by atoms with E-state index in [9.17, 15) is 4.79 Å². The van der Waals surface area contributed by atoms with Gasteiger partial charge in [-0.1, -0.05) is 30.7 Å². The van der Waals surface area contributed by atoms with Crippen LogP contribution in [-0.4, -0.2) is 44.0 Å². The molecule has 0 saturated carbocycles. The molecule has 0 bridgehead atoms. The number of anilines is 2. The summed E-state index contributed by atoms with van der Waals surface area (Å²) in [6.45, 7) is 6.12. The van der Waals surface area contributed by atoms with E-state index in [1.807, 2.05) is 19.1 Å². The number of aromatic nitrogens is 5. The Bertz CT molecular complexity index is 960. The predicted molar refractivity (Wildman–Crippen MR) is 108 cm³/mol. The average molecular weight is 379 g/mol. The smallest absolute Gasteiger partial charge is 0.231 e. The van der Waals surface area contributed by atoms with Crippen molar-refractivity contribution in [3.63, 3.8) is 0 Å². The van der Waals surface area contributed by atoms with Gasteiger partial charge in [0.1, 0.15) is 6.33 Å². The van der Waals surface area contributed by atoms with Crippen LogP contribution in [0.3, 0.4) is 0 Å². The molecule has 1 saturated heterocycles. The quantitative estimate of drug-likeness (QED) is 0.679. The van der Waals surface area contributed by atoms with Gasteiger partial charge < -0.3 is 10.2 Å². The summed E-state index contributed by atoms with van der Waals surface area (Å²) in [5, 5.41) is 11.3. The highest BCUT2D eigenvalue weighted by Crippen LogP contribution is 2.28. The molecule has 1 amide bonds. The number of hydrogen-bond donors (Lipinski definition) is 1. The van der Waals surface area contributed by atoms with E-state index in [1.165, 1.54) is 24.7 Å². The summed E-state index contributed by atoms with van der Waals surface area (Å²) in [6, 6.07) is 8.15. The van der Waals surface area contributed by atoms with Crippen LogP contribution in [0.2, 0.25) is 0 Å². The van der Waals surface area contributed by atoms with Crippen LogP contribution in [0.4, 0.5) is 11.5 Å². The van der Waals surface area contributed by atoms with Crippen LogP contribution < -0.4 is 10.2 Å². The third-order valence-corrected chi connectivity index (χ3v) is 5.17. The molecule has 1 N–H and O–H groups in total. The molecule has 146 valence electrons. The van der Waals surface area contributed by atoms with Crippen LogP contribution in [0.15, 0.2) is 30.6 Å². The highest BCUT2D eigenvalue weighted by Gasteiger charge is 2.35. The summed E-state index contributed by atoms with van der Waals surface area (Å²) < 4.78 is 1.74. The van der Waals surface area contributed by atoms with E-state index in [-0.39, 0.29) is 11.8 Å². The molecule has 0 aliphatic carbocycles. The van der Waals surface area contributed by atoms with E-state index < -0.39 is 0 Å². The maximum Gasteiger partial charge on any atom is 0.231 e. The number of nitrogens with zero attached hydrogens (tertiary/aromatic N) is 6. The molecule has 0 radical (unpaired) electrons. The summed E-state index contributed by atoms with van der Waals surface area (Å²) in [5.74, 6) is 0.722. The molecule has 2 aromatic heterocycles. The Balaban J connectivity index is 1.36. The third-order valence-electron chi connectivity index (χ3n) is 5.17. The molecule has 1 fully saturated rings. The Hall–Kier alpha value is -3.03. The maximum atomic E-state index is 12.5. The number of carbonyl (C=O) groups is 1. The second-order valence-electron chi connectivity index (χ2n) is 7.17. The lowest BCUT2D eigenvalue weighted by atomic mass is 9.99. The largest absolute Gasteiger partial charge is 0.353 e. The zero-order valence-corrected chi connectivity index (χ0v) is 16.3. The molecular weight excluding hydrogens is 354 g/mol. The number of carbonyl (C=O) groups excluding carboxylic acids is 1. The molecule has 8 heteroatoms. The maximum absolute atomic E-state index is 12.5. The highest BCUT2D eigenvalue weighted by atomic mass is 16.2. The van der Waals surface area contributed by atoms with Crippen molar-refractivity contribution in [3.8, 4) is 0 Å². The summed E-state index contributed by atoms with van der Waals surface area (Å²) in [7, 11) is 0. The molecule has 3 heterocycles. The van der Waals surface area contributed by atoms with Gasteiger partial charge in [-0.05, 0) is 37.5 Å². The molecule has 0 atom stereocenters. The minimum atomic E-state index is -0.0639. The van der Waals surface area contributed by atoms with Gasteiger partial charge in [0.05, 0.1) is 5.92 Å². The second kappa shape index (κ2) is 7.92. The average Bonchev–Trinajstić information content (AvgIpc) is 3.10. The topological polar surface area (TPSA) is 88.8 Å². The molecule has 1 aromatic carbocycles. The first kappa shape index (κ1) is 18.3. The summed E-state index contributed by atoms with van der Waals surface area (Å²) in [6.07, 6.45) is 4.98. The van der Waals surface area contributed by atoms with Crippen molar-refractivity contribution in [2.45, 2.75) is 39.7 Å². The van der Waals surface area contributed by atoms with E-state index in [0.29, 0.717) is 25.2 Å². The molecule has 3 aromatic rings. The van der Waals surface area contributed by atoms with Crippen molar-refractivity contribution < 1.29 is 4.79 Å². The monoisotopic (exact) mass is 379 g/mol. The first-order valence-electron chi connectivity index (χ1n) is 9.88.